The van der Waals surface area contributed by atoms with Gasteiger partial charge in [0, 0.05) is 17.7 Å². The number of nitrogens with zero attached hydrogens (tertiary/aromatic N) is 1. The Balaban J connectivity index is 2.29. The van der Waals surface area contributed by atoms with Crippen LogP contribution in [0.2, 0.25) is 5.02 Å². The molecule has 1 N–H and O–H groups in total. The molecule has 0 aliphatic heterocycles. The van der Waals surface area contributed by atoms with Crippen LogP contribution in [0, 0.1) is 10.1 Å². The van der Waals surface area contributed by atoms with Crippen molar-refractivity contribution in [3.8, 4) is 11.5 Å². The van der Waals surface area contributed by atoms with E-state index in [9.17, 15) is 14.9 Å². The van der Waals surface area contributed by atoms with E-state index in [1.165, 1.54) is 38.5 Å². The van der Waals surface area contributed by atoms with Crippen LogP contribution in [0.5, 0.6) is 11.5 Å². The van der Waals surface area contributed by atoms with Crippen LogP contribution >= 0.6 is 11.6 Å². The van der Waals surface area contributed by atoms with Gasteiger partial charge in [-0.05, 0) is 24.3 Å². The molecular formula is C15H13ClN2O5. The number of rotatable bonds is 5. The monoisotopic (exact) mass is 336 g/mol. The van der Waals surface area contributed by atoms with Crippen LogP contribution in [0.4, 0.5) is 11.4 Å². The lowest BCUT2D eigenvalue weighted by Crippen LogP contribution is -2.12. The number of hydrogen-bond donors (Lipinski definition) is 1. The smallest absolute Gasteiger partial charge is 0.271 e. The van der Waals surface area contributed by atoms with Crippen molar-refractivity contribution in [2.45, 2.75) is 0 Å². The van der Waals surface area contributed by atoms with Crippen molar-refractivity contribution < 1.29 is 19.2 Å². The van der Waals surface area contributed by atoms with Gasteiger partial charge in [-0.25, -0.2) is 0 Å². The Morgan fingerprint density at radius 3 is 2.43 bits per heavy atom. The van der Waals surface area contributed by atoms with E-state index in [1.54, 1.807) is 12.1 Å². The maximum absolute atomic E-state index is 12.3. The predicted octanol–water partition coefficient (Wildman–Crippen LogP) is 3.52. The van der Waals surface area contributed by atoms with Gasteiger partial charge in [-0.1, -0.05) is 11.6 Å². The maximum Gasteiger partial charge on any atom is 0.271 e. The molecule has 0 saturated heterocycles. The summed E-state index contributed by atoms with van der Waals surface area (Å²) in [6.45, 7) is 0. The molecule has 0 saturated carbocycles. The van der Waals surface area contributed by atoms with Gasteiger partial charge in [0.2, 0.25) is 0 Å². The summed E-state index contributed by atoms with van der Waals surface area (Å²) in [5, 5.41) is 13.5. The molecule has 0 bridgehead atoms. The lowest BCUT2D eigenvalue weighted by Gasteiger charge is -2.10. The number of nitro benzene ring substituents is 1. The molecular weight excluding hydrogens is 324 g/mol. The van der Waals surface area contributed by atoms with Crippen molar-refractivity contribution >= 4 is 28.9 Å². The van der Waals surface area contributed by atoms with Gasteiger partial charge in [0.15, 0.2) is 11.5 Å². The first-order valence-corrected chi connectivity index (χ1v) is 6.81. The van der Waals surface area contributed by atoms with Crippen molar-refractivity contribution in [1.82, 2.24) is 0 Å². The average Bonchev–Trinajstić information content (AvgIpc) is 2.55. The van der Waals surface area contributed by atoms with Gasteiger partial charge < -0.3 is 14.8 Å². The van der Waals surface area contributed by atoms with Gasteiger partial charge in [0.1, 0.15) is 0 Å². The van der Waals surface area contributed by atoms with Crippen LogP contribution in [-0.4, -0.2) is 25.1 Å². The largest absolute Gasteiger partial charge is 0.493 e. The standard InChI is InChI=1S/C15H13ClN2O5/c1-22-13-6-3-9(7-14(13)23-2)15(19)17-12-8-10(18(20)21)4-5-11(12)16/h3-8H,1-2H3,(H,17,19). The van der Waals surface area contributed by atoms with Gasteiger partial charge in [0.25, 0.3) is 11.6 Å². The molecule has 2 aromatic rings. The Hall–Kier alpha value is -2.80. The highest BCUT2D eigenvalue weighted by Gasteiger charge is 2.15. The number of nitrogens with one attached hydrogen (secondary N) is 1. The number of non-ortho nitro benzene ring substituents is 1. The van der Waals surface area contributed by atoms with E-state index in [0.29, 0.717) is 17.1 Å². The van der Waals surface area contributed by atoms with Crippen LogP contribution in [0.1, 0.15) is 10.4 Å². The molecule has 7 nitrogen and oxygen atoms in total. The molecule has 2 rings (SSSR count). The van der Waals surface area contributed by atoms with Crippen LogP contribution in [0.3, 0.4) is 0 Å². The Morgan fingerprint density at radius 2 is 1.83 bits per heavy atom. The lowest BCUT2D eigenvalue weighted by molar-refractivity contribution is -0.384. The first kappa shape index (κ1) is 16.6. The molecule has 0 aliphatic carbocycles. The quantitative estimate of drug-likeness (QED) is 0.666. The van der Waals surface area contributed by atoms with Gasteiger partial charge >= 0.3 is 0 Å². The Bertz CT molecular complexity index is 764. The van der Waals surface area contributed by atoms with Crippen molar-refractivity contribution in [2.75, 3.05) is 19.5 Å². The molecule has 0 radical (unpaired) electrons. The number of hydrogen-bond acceptors (Lipinski definition) is 5. The summed E-state index contributed by atoms with van der Waals surface area (Å²) in [4.78, 5) is 22.5. The van der Waals surface area contributed by atoms with Gasteiger partial charge in [-0.3, -0.25) is 14.9 Å². The van der Waals surface area contributed by atoms with Crippen molar-refractivity contribution in [3.63, 3.8) is 0 Å². The van der Waals surface area contributed by atoms with Crippen LogP contribution in [-0.2, 0) is 0 Å². The van der Waals surface area contributed by atoms with E-state index in [1.807, 2.05) is 0 Å². The lowest BCUT2D eigenvalue weighted by atomic mass is 10.1. The number of nitro groups is 1. The van der Waals surface area contributed by atoms with Crippen molar-refractivity contribution in [3.05, 3.63) is 57.1 Å². The van der Waals surface area contributed by atoms with Crippen LogP contribution in [0.25, 0.3) is 0 Å². The molecule has 8 heteroatoms. The molecule has 1 amide bonds. The summed E-state index contributed by atoms with van der Waals surface area (Å²) in [6.07, 6.45) is 0. The minimum absolute atomic E-state index is 0.153. The minimum Gasteiger partial charge on any atom is -0.493 e. The number of benzene rings is 2. The molecule has 120 valence electrons. The van der Waals surface area contributed by atoms with E-state index >= 15 is 0 Å². The number of amides is 1. The van der Waals surface area contributed by atoms with E-state index in [2.05, 4.69) is 5.32 Å². The number of halogens is 1. The second kappa shape index (κ2) is 6.97. The zero-order valence-corrected chi connectivity index (χ0v) is 13.1. The third-order valence-electron chi connectivity index (χ3n) is 3.05. The van der Waals surface area contributed by atoms with Crippen molar-refractivity contribution in [1.29, 1.82) is 0 Å². The fourth-order valence-electron chi connectivity index (χ4n) is 1.89. The Morgan fingerprint density at radius 1 is 1.13 bits per heavy atom. The summed E-state index contributed by atoms with van der Waals surface area (Å²) >= 11 is 5.96. The highest BCUT2D eigenvalue weighted by atomic mass is 35.5. The maximum atomic E-state index is 12.3. The molecule has 0 fully saturated rings. The zero-order chi connectivity index (χ0) is 17.0. The number of methoxy groups -OCH3 is 2. The molecule has 0 aliphatic rings. The normalized spacial score (nSPS) is 10.0. The highest BCUT2D eigenvalue weighted by molar-refractivity contribution is 6.34. The van der Waals surface area contributed by atoms with E-state index in [-0.39, 0.29) is 16.4 Å². The molecule has 0 heterocycles. The second-order valence-corrected chi connectivity index (χ2v) is 4.85. The molecule has 0 unspecified atom stereocenters. The van der Waals surface area contributed by atoms with Gasteiger partial charge in [0.05, 0.1) is 29.9 Å². The van der Waals surface area contributed by atoms with E-state index in [0.717, 1.165) is 0 Å². The third-order valence-corrected chi connectivity index (χ3v) is 3.38. The molecule has 2 aromatic carbocycles. The fraction of sp³-hybridized carbons (Fsp3) is 0.133. The fourth-order valence-corrected chi connectivity index (χ4v) is 2.06. The summed E-state index contributed by atoms with van der Waals surface area (Å²) in [5.41, 5.74) is 0.280. The highest BCUT2D eigenvalue weighted by Crippen LogP contribution is 2.30. The Labute approximate surface area is 136 Å². The van der Waals surface area contributed by atoms with Gasteiger partial charge in [-0.2, -0.15) is 0 Å². The number of carbonyl (C=O) groups excluding carboxylic acids is 1. The topological polar surface area (TPSA) is 90.7 Å². The minimum atomic E-state index is -0.567. The number of anilines is 1. The average molecular weight is 337 g/mol. The SMILES string of the molecule is COc1ccc(C(=O)Nc2cc([N+](=O)[O-])ccc2Cl)cc1OC. The zero-order valence-electron chi connectivity index (χ0n) is 12.3. The summed E-state index contributed by atoms with van der Waals surface area (Å²) in [5.74, 6) is 0.399. The van der Waals surface area contributed by atoms with E-state index in [4.69, 9.17) is 21.1 Å². The van der Waals surface area contributed by atoms with Crippen LogP contribution in [0.15, 0.2) is 36.4 Å². The van der Waals surface area contributed by atoms with Crippen LogP contribution < -0.4 is 14.8 Å². The van der Waals surface area contributed by atoms with Crippen molar-refractivity contribution in [2.24, 2.45) is 0 Å². The number of ether oxygens (including phenoxy) is 2. The molecule has 0 aromatic heterocycles. The Kier molecular flexibility index (Phi) is 5.02. The molecule has 0 atom stereocenters. The summed E-state index contributed by atoms with van der Waals surface area (Å²) in [7, 11) is 2.94. The summed E-state index contributed by atoms with van der Waals surface area (Å²) in [6, 6.07) is 8.43. The van der Waals surface area contributed by atoms with E-state index < -0.39 is 10.8 Å². The first-order chi connectivity index (χ1) is 11.0. The van der Waals surface area contributed by atoms with Gasteiger partial charge in [-0.15, -0.1) is 0 Å². The first-order valence-electron chi connectivity index (χ1n) is 6.43. The molecule has 0 spiro atoms. The summed E-state index contributed by atoms with van der Waals surface area (Å²) < 4.78 is 10.2. The number of carbonyl (C=O) groups is 1. The second-order valence-electron chi connectivity index (χ2n) is 4.45. The molecule has 23 heavy (non-hydrogen) atoms. The predicted molar refractivity (Wildman–Crippen MR) is 85.6 cm³/mol. The third kappa shape index (κ3) is 3.70.